The van der Waals surface area contributed by atoms with E-state index in [4.69, 9.17) is 19.9 Å². The van der Waals surface area contributed by atoms with Gasteiger partial charge in [0.25, 0.3) is 0 Å². The van der Waals surface area contributed by atoms with Crippen molar-refractivity contribution in [3.8, 4) is 5.75 Å². The van der Waals surface area contributed by atoms with E-state index in [9.17, 15) is 5.11 Å². The number of nitrogens with zero attached hydrogens (tertiary/aromatic N) is 3. The Morgan fingerprint density at radius 1 is 1.23 bits per heavy atom. The first-order valence-electron chi connectivity index (χ1n) is 14.8. The van der Waals surface area contributed by atoms with Crippen LogP contribution in [0.3, 0.4) is 0 Å². The van der Waals surface area contributed by atoms with Crippen LogP contribution >= 0.6 is 0 Å². The summed E-state index contributed by atoms with van der Waals surface area (Å²) in [5.41, 5.74) is 11.7. The van der Waals surface area contributed by atoms with Crippen molar-refractivity contribution in [1.29, 1.82) is 0 Å². The first-order chi connectivity index (χ1) is 19.1. The van der Waals surface area contributed by atoms with E-state index in [2.05, 4.69) is 53.2 Å². The largest absolute Gasteiger partial charge is 0.488 e. The average molecular weight is 554 g/mol. The van der Waals surface area contributed by atoms with E-state index in [-0.39, 0.29) is 17.6 Å². The van der Waals surface area contributed by atoms with Crippen LogP contribution in [0.25, 0.3) is 5.70 Å². The lowest BCUT2D eigenvalue weighted by atomic mass is 9.70. The summed E-state index contributed by atoms with van der Waals surface area (Å²) in [6, 6.07) is 4.89. The van der Waals surface area contributed by atoms with Gasteiger partial charge < -0.3 is 30.9 Å². The van der Waals surface area contributed by atoms with Gasteiger partial charge in [-0.15, -0.1) is 0 Å². The second-order valence-electron chi connectivity index (χ2n) is 12.6. The molecular formula is C30H45N6O4+. The fourth-order valence-corrected chi connectivity index (χ4v) is 7.10. The van der Waals surface area contributed by atoms with Crippen LogP contribution in [0.15, 0.2) is 22.7 Å². The molecule has 1 unspecified atom stereocenters. The van der Waals surface area contributed by atoms with Gasteiger partial charge in [0.05, 0.1) is 37.6 Å². The van der Waals surface area contributed by atoms with Gasteiger partial charge in [0.15, 0.2) is 6.54 Å². The topological polar surface area (TPSA) is 117 Å². The Labute approximate surface area is 237 Å². The van der Waals surface area contributed by atoms with Gasteiger partial charge in [0, 0.05) is 36.8 Å². The maximum Gasteiger partial charge on any atom is 0.380 e. The van der Waals surface area contributed by atoms with E-state index >= 15 is 0 Å². The number of nitrogens with two attached hydrogens (primary N) is 1. The SMILES string of the molecule is C=[N+]1C[C@@H](CNc2c(OC3CCC(N4CCOCC4)CC3)ccc3c2CC(C)(C)C2=C3NCN=C2N)OC1(C)O. The zero-order valence-electron chi connectivity index (χ0n) is 24.2. The number of hydrogen-bond acceptors (Lipinski definition) is 9. The maximum atomic E-state index is 10.5. The molecular weight excluding hydrogens is 508 g/mol. The summed E-state index contributed by atoms with van der Waals surface area (Å²) >= 11 is 0. The van der Waals surface area contributed by atoms with Gasteiger partial charge >= 0.3 is 5.91 Å². The molecule has 5 N–H and O–H groups in total. The highest BCUT2D eigenvalue weighted by Gasteiger charge is 2.45. The summed E-state index contributed by atoms with van der Waals surface area (Å²) < 4.78 is 19.8. The molecule has 10 heteroatoms. The normalized spacial score (nSPS) is 32.1. The highest BCUT2D eigenvalue weighted by atomic mass is 16.7. The summed E-state index contributed by atoms with van der Waals surface area (Å²) in [6.45, 7) is 15.3. The summed E-state index contributed by atoms with van der Waals surface area (Å²) in [5, 5.41) is 17.7. The van der Waals surface area contributed by atoms with Gasteiger partial charge in [-0.3, -0.25) is 9.64 Å². The number of anilines is 1. The minimum Gasteiger partial charge on any atom is -0.488 e. The molecule has 2 saturated heterocycles. The van der Waals surface area contributed by atoms with Crippen molar-refractivity contribution in [2.45, 2.75) is 77.0 Å². The molecule has 2 atom stereocenters. The Morgan fingerprint density at radius 2 is 1.98 bits per heavy atom. The predicted molar refractivity (Wildman–Crippen MR) is 156 cm³/mol. The first-order valence-corrected chi connectivity index (χ1v) is 14.8. The zero-order valence-corrected chi connectivity index (χ0v) is 24.2. The molecule has 6 rings (SSSR count). The molecule has 218 valence electrons. The number of benzene rings is 1. The van der Waals surface area contributed by atoms with Gasteiger partial charge in [-0.2, -0.15) is 4.58 Å². The van der Waals surface area contributed by atoms with Gasteiger partial charge in [0.2, 0.25) is 0 Å². The molecule has 2 aliphatic carbocycles. The van der Waals surface area contributed by atoms with Crippen molar-refractivity contribution in [2.24, 2.45) is 16.1 Å². The summed E-state index contributed by atoms with van der Waals surface area (Å²) in [7, 11) is 0. The van der Waals surface area contributed by atoms with E-state index < -0.39 is 5.91 Å². The number of ether oxygens (including phenoxy) is 3. The summed E-state index contributed by atoms with van der Waals surface area (Å²) in [4.78, 5) is 7.06. The van der Waals surface area contributed by atoms with E-state index in [0.29, 0.717) is 31.6 Å². The van der Waals surface area contributed by atoms with Crippen LogP contribution in [0.5, 0.6) is 5.75 Å². The molecule has 0 aromatic heterocycles. The minimum absolute atomic E-state index is 0.177. The Bertz CT molecular complexity index is 1210. The lowest BCUT2D eigenvalue weighted by molar-refractivity contribution is -0.664. The Hall–Kier alpha value is -2.66. The molecule has 40 heavy (non-hydrogen) atoms. The molecule has 1 saturated carbocycles. The third-order valence-corrected chi connectivity index (χ3v) is 9.26. The molecule has 5 aliphatic rings. The van der Waals surface area contributed by atoms with Crippen molar-refractivity contribution < 1.29 is 23.9 Å². The van der Waals surface area contributed by atoms with E-state index in [0.717, 1.165) is 86.7 Å². The molecule has 0 amide bonds. The van der Waals surface area contributed by atoms with Crippen molar-refractivity contribution in [3.63, 3.8) is 0 Å². The lowest BCUT2D eigenvalue weighted by Crippen LogP contribution is -2.46. The van der Waals surface area contributed by atoms with E-state index in [1.165, 1.54) is 5.56 Å². The van der Waals surface area contributed by atoms with Crippen LogP contribution in [-0.4, -0.2) is 97.4 Å². The number of morpholine rings is 1. The smallest absolute Gasteiger partial charge is 0.380 e. The van der Waals surface area contributed by atoms with Crippen molar-refractivity contribution in [2.75, 3.05) is 51.4 Å². The fraction of sp³-hybridized carbons (Fsp3) is 0.667. The summed E-state index contributed by atoms with van der Waals surface area (Å²) in [6.07, 6.45) is 5.15. The second kappa shape index (κ2) is 10.6. The molecule has 1 aromatic rings. The number of nitrogens with one attached hydrogen (secondary N) is 2. The molecule has 10 nitrogen and oxygen atoms in total. The standard InChI is InChI=1S/C30H45N6O4/c1-29(2)15-23-22(27-25(29)28(31)34-18-33-27)9-10-24(26(23)32-16-21-17-35(4)30(3,37)40-21)39-20-7-5-19(6-8-20)36-11-13-38-14-12-36/h9-10,19-21,32-33,37H,4-8,11-18H2,1-3H3,(H2,31,34)/q+1/t19?,20?,21-,30?/m1/s1. The van der Waals surface area contributed by atoms with Crippen LogP contribution in [0, 0.1) is 5.41 Å². The van der Waals surface area contributed by atoms with Gasteiger partial charge in [-0.25, -0.2) is 4.99 Å². The lowest BCUT2D eigenvalue weighted by Gasteiger charge is -2.40. The van der Waals surface area contributed by atoms with Gasteiger partial charge in [-0.1, -0.05) is 13.8 Å². The van der Waals surface area contributed by atoms with Crippen molar-refractivity contribution >= 4 is 23.9 Å². The third-order valence-electron chi connectivity index (χ3n) is 9.26. The molecule has 3 aliphatic heterocycles. The molecule has 3 heterocycles. The van der Waals surface area contributed by atoms with Crippen LogP contribution in [0.2, 0.25) is 0 Å². The maximum absolute atomic E-state index is 10.5. The zero-order chi connectivity index (χ0) is 28.1. The highest BCUT2D eigenvalue weighted by Crippen LogP contribution is 2.47. The summed E-state index contributed by atoms with van der Waals surface area (Å²) in [5.74, 6) is 0.126. The minimum atomic E-state index is -1.37. The van der Waals surface area contributed by atoms with Crippen molar-refractivity contribution in [1.82, 2.24) is 10.2 Å². The number of rotatable bonds is 6. The highest BCUT2D eigenvalue weighted by molar-refractivity contribution is 6.07. The Kier molecular flexibility index (Phi) is 7.31. The van der Waals surface area contributed by atoms with E-state index in [1.807, 2.05) is 0 Å². The van der Waals surface area contributed by atoms with Crippen molar-refractivity contribution in [3.05, 3.63) is 28.8 Å². The van der Waals surface area contributed by atoms with Gasteiger partial charge in [0.1, 0.15) is 31.1 Å². The quantitative estimate of drug-likeness (QED) is 0.396. The number of fused-ring (bicyclic) bond motifs is 2. The van der Waals surface area contributed by atoms with E-state index in [1.54, 1.807) is 11.5 Å². The number of aliphatic hydroxyl groups is 1. The van der Waals surface area contributed by atoms with Crippen LogP contribution in [0.1, 0.15) is 57.6 Å². The Balaban J connectivity index is 1.26. The molecule has 0 radical (unpaired) electrons. The molecule has 3 fully saturated rings. The molecule has 1 aromatic carbocycles. The number of amidine groups is 1. The van der Waals surface area contributed by atoms with Gasteiger partial charge in [-0.05, 0) is 55.2 Å². The molecule has 0 spiro atoms. The monoisotopic (exact) mass is 553 g/mol. The first kappa shape index (κ1) is 27.5. The fourth-order valence-electron chi connectivity index (χ4n) is 7.10. The van der Waals surface area contributed by atoms with Crippen LogP contribution < -0.4 is 21.1 Å². The predicted octanol–water partition coefficient (Wildman–Crippen LogP) is 2.11. The second-order valence-corrected chi connectivity index (χ2v) is 12.6. The van der Waals surface area contributed by atoms with Crippen LogP contribution in [0.4, 0.5) is 5.69 Å². The molecule has 0 bridgehead atoms. The third kappa shape index (κ3) is 5.22. The number of aliphatic imine (C=N–C) groups is 1. The van der Waals surface area contributed by atoms with Crippen LogP contribution in [-0.2, 0) is 15.9 Å². The number of hydrogen-bond donors (Lipinski definition) is 4. The average Bonchev–Trinajstić information content (AvgIpc) is 3.19. The Morgan fingerprint density at radius 3 is 2.67 bits per heavy atom.